The van der Waals surface area contributed by atoms with E-state index in [0.717, 1.165) is 0 Å². The molecule has 0 saturated carbocycles. The van der Waals surface area contributed by atoms with E-state index in [-0.39, 0.29) is 35.4 Å². The van der Waals surface area contributed by atoms with Crippen molar-refractivity contribution < 1.29 is 23.9 Å². The van der Waals surface area contributed by atoms with Gasteiger partial charge in [0.2, 0.25) is 23.4 Å². The Morgan fingerprint density at radius 3 is 2.31 bits per heavy atom. The first kappa shape index (κ1) is 20.0. The summed E-state index contributed by atoms with van der Waals surface area (Å²) in [6.45, 7) is 2.19. The summed E-state index contributed by atoms with van der Waals surface area (Å²) in [4.78, 5) is 31.9. The topological polar surface area (TPSA) is 114 Å². The third kappa shape index (κ3) is 4.43. The number of nitro benzene ring substituents is 1. The molecular weight excluding hydrogens is 457 g/mol. The first-order chi connectivity index (χ1) is 12.4. The minimum absolute atomic E-state index is 0.0201. The lowest BCUT2D eigenvalue weighted by Gasteiger charge is -2.10. The molecule has 1 aromatic heterocycles. The van der Waals surface area contributed by atoms with Crippen LogP contribution in [0, 0.1) is 13.7 Å². The predicted octanol–water partition coefficient (Wildman–Crippen LogP) is 2.77. The van der Waals surface area contributed by atoms with Crippen molar-refractivity contribution in [3.8, 4) is 11.8 Å². The quantitative estimate of drug-likeness (QED) is 0.249. The van der Waals surface area contributed by atoms with Crippen LogP contribution >= 0.6 is 22.6 Å². The fourth-order valence-electron chi connectivity index (χ4n) is 2.20. The Bertz CT molecular complexity index is 821. The summed E-state index contributed by atoms with van der Waals surface area (Å²) < 4.78 is 16.0. The first-order valence-electron chi connectivity index (χ1n) is 7.47. The Hall–Kier alpha value is -2.34. The maximum atomic E-state index is 12.9. The zero-order valence-corrected chi connectivity index (χ0v) is 16.5. The molecule has 1 aromatic carbocycles. The first-order valence-corrected chi connectivity index (χ1v) is 8.55. The van der Waals surface area contributed by atoms with Crippen molar-refractivity contribution in [1.82, 2.24) is 9.97 Å². The lowest BCUT2D eigenvalue weighted by Crippen LogP contribution is -2.13. The molecule has 0 aliphatic rings. The Morgan fingerprint density at radius 1 is 1.19 bits per heavy atom. The molecule has 0 saturated heterocycles. The number of aromatic nitrogens is 2. The van der Waals surface area contributed by atoms with Gasteiger partial charge in [0.25, 0.3) is 5.69 Å². The van der Waals surface area contributed by atoms with Crippen LogP contribution in [-0.4, -0.2) is 41.5 Å². The minimum Gasteiger partial charge on any atom is -0.481 e. The van der Waals surface area contributed by atoms with Gasteiger partial charge in [-0.3, -0.25) is 14.9 Å². The monoisotopic (exact) mass is 473 g/mol. The number of benzene rings is 1. The van der Waals surface area contributed by atoms with Crippen LogP contribution in [0.3, 0.4) is 0 Å². The molecule has 0 amide bonds. The number of nitro groups is 1. The van der Waals surface area contributed by atoms with Crippen LogP contribution < -0.4 is 9.47 Å². The van der Waals surface area contributed by atoms with Crippen LogP contribution in [0.15, 0.2) is 18.2 Å². The molecule has 0 fully saturated rings. The van der Waals surface area contributed by atoms with Gasteiger partial charge in [-0.2, -0.15) is 9.97 Å². The fourth-order valence-corrected chi connectivity index (χ4v) is 2.89. The summed E-state index contributed by atoms with van der Waals surface area (Å²) in [5.74, 6) is -0.732. The van der Waals surface area contributed by atoms with E-state index in [4.69, 9.17) is 14.2 Å². The second kappa shape index (κ2) is 8.85. The number of ketones is 1. The zero-order chi connectivity index (χ0) is 19.3. The molecule has 2 rings (SSSR count). The van der Waals surface area contributed by atoms with Crippen LogP contribution in [0.1, 0.15) is 28.7 Å². The number of rotatable bonds is 8. The summed E-state index contributed by atoms with van der Waals surface area (Å²) in [6, 6.07) is 4.43. The number of halogens is 1. The summed E-state index contributed by atoms with van der Waals surface area (Å²) in [5.41, 5.74) is -0.136. The largest absolute Gasteiger partial charge is 0.481 e. The molecule has 0 radical (unpaired) electrons. The second-order valence-corrected chi connectivity index (χ2v) is 6.21. The van der Waals surface area contributed by atoms with E-state index >= 15 is 0 Å². The average Bonchev–Trinajstić information content (AvgIpc) is 2.64. The number of carbonyl (C=O) groups excluding carboxylic acids is 1. The van der Waals surface area contributed by atoms with Crippen molar-refractivity contribution in [2.24, 2.45) is 0 Å². The van der Waals surface area contributed by atoms with Crippen molar-refractivity contribution in [2.75, 3.05) is 20.8 Å². The summed E-state index contributed by atoms with van der Waals surface area (Å²) in [7, 11) is 2.76. The number of hydrogen-bond donors (Lipinski definition) is 0. The van der Waals surface area contributed by atoms with Crippen LogP contribution in [0.5, 0.6) is 11.8 Å². The van der Waals surface area contributed by atoms with Gasteiger partial charge in [-0.15, -0.1) is 0 Å². The van der Waals surface area contributed by atoms with Gasteiger partial charge in [-0.25, -0.2) is 0 Å². The molecular formula is C16H16IN3O6. The average molecular weight is 473 g/mol. The number of carbonyl (C=O) groups is 1. The molecule has 0 atom stereocenters. The lowest BCUT2D eigenvalue weighted by atomic mass is 10.0. The van der Waals surface area contributed by atoms with Gasteiger partial charge in [-0.1, -0.05) is 0 Å². The van der Waals surface area contributed by atoms with E-state index < -0.39 is 10.7 Å². The Balaban J connectivity index is 2.61. The van der Waals surface area contributed by atoms with E-state index in [9.17, 15) is 14.9 Å². The standard InChI is InChI=1S/C16H16IN3O6/c1-4-26-8-9-5-10(17)6-11(14(9)20(22)23)15(21)16-18-12(24-2)7-13(19-16)25-3/h5-7H,4,8H2,1-3H3. The molecule has 1 heterocycles. The van der Waals surface area contributed by atoms with Gasteiger partial charge >= 0.3 is 0 Å². The molecule has 0 unspecified atom stereocenters. The van der Waals surface area contributed by atoms with Crippen molar-refractivity contribution in [3.63, 3.8) is 0 Å². The summed E-state index contributed by atoms with van der Waals surface area (Å²) in [6.07, 6.45) is 0. The van der Waals surface area contributed by atoms with E-state index in [1.165, 1.54) is 26.4 Å². The minimum atomic E-state index is -0.704. The highest BCUT2D eigenvalue weighted by molar-refractivity contribution is 14.1. The molecule has 0 N–H and O–H groups in total. The highest BCUT2D eigenvalue weighted by Crippen LogP contribution is 2.29. The number of hydrogen-bond acceptors (Lipinski definition) is 8. The normalized spacial score (nSPS) is 10.5. The van der Waals surface area contributed by atoms with Gasteiger partial charge < -0.3 is 14.2 Å². The van der Waals surface area contributed by atoms with Crippen molar-refractivity contribution in [1.29, 1.82) is 0 Å². The molecule has 26 heavy (non-hydrogen) atoms. The molecule has 0 bridgehead atoms. The summed E-state index contributed by atoms with van der Waals surface area (Å²) >= 11 is 1.98. The van der Waals surface area contributed by atoms with Crippen LogP contribution in [-0.2, 0) is 11.3 Å². The van der Waals surface area contributed by atoms with Gasteiger partial charge in [0, 0.05) is 10.2 Å². The lowest BCUT2D eigenvalue weighted by molar-refractivity contribution is -0.386. The molecule has 0 aliphatic heterocycles. The Labute approximate surface area is 163 Å². The van der Waals surface area contributed by atoms with Crippen LogP contribution in [0.2, 0.25) is 0 Å². The van der Waals surface area contributed by atoms with Gasteiger partial charge in [0.15, 0.2) is 0 Å². The van der Waals surface area contributed by atoms with Gasteiger partial charge in [0.05, 0.1) is 37.4 Å². The number of nitrogens with zero attached hydrogens (tertiary/aromatic N) is 3. The van der Waals surface area contributed by atoms with Crippen molar-refractivity contribution >= 4 is 34.1 Å². The van der Waals surface area contributed by atoms with Gasteiger partial charge in [0.1, 0.15) is 5.56 Å². The maximum absolute atomic E-state index is 12.9. The molecule has 9 nitrogen and oxygen atoms in total. The van der Waals surface area contributed by atoms with Gasteiger partial charge in [-0.05, 0) is 41.6 Å². The number of methoxy groups -OCH3 is 2. The van der Waals surface area contributed by atoms with E-state index in [1.807, 2.05) is 22.6 Å². The number of ether oxygens (including phenoxy) is 3. The van der Waals surface area contributed by atoms with E-state index in [0.29, 0.717) is 15.7 Å². The molecule has 0 spiro atoms. The van der Waals surface area contributed by atoms with E-state index in [2.05, 4.69) is 9.97 Å². The molecule has 0 aliphatic carbocycles. The highest BCUT2D eigenvalue weighted by atomic mass is 127. The third-order valence-electron chi connectivity index (χ3n) is 3.34. The van der Waals surface area contributed by atoms with Crippen molar-refractivity contribution in [2.45, 2.75) is 13.5 Å². The Kier molecular flexibility index (Phi) is 6.80. The van der Waals surface area contributed by atoms with Crippen molar-refractivity contribution in [3.05, 3.63) is 48.8 Å². The summed E-state index contributed by atoms with van der Waals surface area (Å²) in [5, 5.41) is 11.6. The maximum Gasteiger partial charge on any atom is 0.286 e. The fraction of sp³-hybridized carbons (Fsp3) is 0.312. The van der Waals surface area contributed by atoms with Crippen LogP contribution in [0.25, 0.3) is 0 Å². The Morgan fingerprint density at radius 2 is 1.81 bits per heavy atom. The van der Waals surface area contributed by atoms with Crippen LogP contribution in [0.4, 0.5) is 5.69 Å². The highest BCUT2D eigenvalue weighted by Gasteiger charge is 2.28. The molecule has 2 aromatic rings. The zero-order valence-electron chi connectivity index (χ0n) is 14.3. The SMILES string of the molecule is CCOCc1cc(I)cc(C(=O)c2nc(OC)cc(OC)n2)c1[N+](=O)[O-]. The predicted molar refractivity (Wildman–Crippen MR) is 99.7 cm³/mol. The second-order valence-electron chi connectivity index (χ2n) is 4.96. The van der Waals surface area contributed by atoms with E-state index in [1.54, 1.807) is 13.0 Å². The third-order valence-corrected chi connectivity index (χ3v) is 3.97. The molecule has 10 heteroatoms. The smallest absolute Gasteiger partial charge is 0.286 e. The molecule has 138 valence electrons.